The average molecular weight is 263 g/mol. The van der Waals surface area contributed by atoms with Crippen molar-refractivity contribution in [3.8, 4) is 0 Å². The van der Waals surface area contributed by atoms with Gasteiger partial charge in [0, 0.05) is 18.6 Å². The maximum Gasteiger partial charge on any atom is 0.0759 e. The standard InChI is InChI=1S/C17H17N3/c1-18-16(17-12-19-9-10-20-17)11-14-7-4-6-13-5-2-3-8-15(13)14/h2-10,12,16,18H,11H2,1H3. The molecule has 0 aliphatic heterocycles. The highest BCUT2D eigenvalue weighted by Crippen LogP contribution is 2.23. The van der Waals surface area contributed by atoms with Crippen LogP contribution in [0.3, 0.4) is 0 Å². The highest BCUT2D eigenvalue weighted by atomic mass is 14.9. The van der Waals surface area contributed by atoms with Gasteiger partial charge in [0.2, 0.25) is 0 Å². The summed E-state index contributed by atoms with van der Waals surface area (Å²) >= 11 is 0. The van der Waals surface area contributed by atoms with E-state index in [0.717, 1.165) is 12.1 Å². The predicted octanol–water partition coefficient (Wildman–Crippen LogP) is 3.13. The second-order valence-corrected chi connectivity index (χ2v) is 4.81. The third-order valence-electron chi connectivity index (χ3n) is 3.59. The summed E-state index contributed by atoms with van der Waals surface area (Å²) in [6.45, 7) is 0. The van der Waals surface area contributed by atoms with Crippen LogP contribution >= 0.6 is 0 Å². The maximum absolute atomic E-state index is 4.40. The highest BCUT2D eigenvalue weighted by Gasteiger charge is 2.13. The van der Waals surface area contributed by atoms with E-state index < -0.39 is 0 Å². The number of hydrogen-bond donors (Lipinski definition) is 1. The van der Waals surface area contributed by atoms with Gasteiger partial charge in [-0.15, -0.1) is 0 Å². The number of fused-ring (bicyclic) bond motifs is 1. The fourth-order valence-corrected chi connectivity index (χ4v) is 2.54. The van der Waals surface area contributed by atoms with Gasteiger partial charge in [-0.1, -0.05) is 42.5 Å². The molecular weight excluding hydrogens is 246 g/mol. The summed E-state index contributed by atoms with van der Waals surface area (Å²) < 4.78 is 0. The summed E-state index contributed by atoms with van der Waals surface area (Å²) in [6.07, 6.45) is 6.17. The van der Waals surface area contributed by atoms with Gasteiger partial charge in [-0.05, 0) is 29.8 Å². The summed E-state index contributed by atoms with van der Waals surface area (Å²) in [5, 5.41) is 5.91. The van der Waals surface area contributed by atoms with Crippen LogP contribution in [0.4, 0.5) is 0 Å². The molecule has 20 heavy (non-hydrogen) atoms. The van der Waals surface area contributed by atoms with Crippen molar-refractivity contribution in [1.82, 2.24) is 15.3 Å². The van der Waals surface area contributed by atoms with E-state index in [9.17, 15) is 0 Å². The molecule has 0 fully saturated rings. The molecule has 3 nitrogen and oxygen atoms in total. The van der Waals surface area contributed by atoms with Crippen molar-refractivity contribution in [3.05, 3.63) is 72.3 Å². The Bertz CT molecular complexity index is 689. The van der Waals surface area contributed by atoms with Crippen LogP contribution in [0.25, 0.3) is 10.8 Å². The molecule has 3 rings (SSSR count). The predicted molar refractivity (Wildman–Crippen MR) is 81.5 cm³/mol. The Morgan fingerprint density at radius 2 is 1.90 bits per heavy atom. The van der Waals surface area contributed by atoms with Crippen LogP contribution in [0.2, 0.25) is 0 Å². The first-order chi connectivity index (χ1) is 9.88. The molecule has 2 aromatic carbocycles. The lowest BCUT2D eigenvalue weighted by molar-refractivity contribution is 0.575. The van der Waals surface area contributed by atoms with Gasteiger partial charge in [-0.3, -0.25) is 9.97 Å². The zero-order chi connectivity index (χ0) is 13.8. The minimum absolute atomic E-state index is 0.175. The first-order valence-corrected chi connectivity index (χ1v) is 6.78. The number of aromatic nitrogens is 2. The Labute approximate surface area is 118 Å². The van der Waals surface area contributed by atoms with E-state index in [-0.39, 0.29) is 6.04 Å². The van der Waals surface area contributed by atoms with Crippen LogP contribution < -0.4 is 5.32 Å². The van der Waals surface area contributed by atoms with Gasteiger partial charge in [-0.25, -0.2) is 0 Å². The Balaban J connectivity index is 1.96. The molecule has 1 unspecified atom stereocenters. The first-order valence-electron chi connectivity index (χ1n) is 6.78. The van der Waals surface area contributed by atoms with E-state index >= 15 is 0 Å². The summed E-state index contributed by atoms with van der Waals surface area (Å²) in [7, 11) is 1.96. The van der Waals surface area contributed by atoms with E-state index in [2.05, 4.69) is 57.7 Å². The van der Waals surface area contributed by atoms with Crippen molar-refractivity contribution in [2.45, 2.75) is 12.5 Å². The molecular formula is C17H17N3. The summed E-state index contributed by atoms with van der Waals surface area (Å²) in [6, 6.07) is 15.1. The molecule has 0 bridgehead atoms. The van der Waals surface area contributed by atoms with Gasteiger partial charge in [0.15, 0.2) is 0 Å². The Hall–Kier alpha value is -2.26. The molecule has 0 amide bonds. The number of nitrogens with one attached hydrogen (secondary N) is 1. The lowest BCUT2D eigenvalue weighted by Crippen LogP contribution is -2.20. The van der Waals surface area contributed by atoms with Gasteiger partial charge >= 0.3 is 0 Å². The second-order valence-electron chi connectivity index (χ2n) is 4.81. The largest absolute Gasteiger partial charge is 0.311 e. The van der Waals surface area contributed by atoms with E-state index in [1.807, 2.05) is 13.2 Å². The van der Waals surface area contributed by atoms with E-state index in [1.54, 1.807) is 12.4 Å². The summed E-state index contributed by atoms with van der Waals surface area (Å²) in [5.41, 5.74) is 2.30. The molecule has 0 spiro atoms. The van der Waals surface area contributed by atoms with Gasteiger partial charge in [0.25, 0.3) is 0 Å². The number of rotatable bonds is 4. The lowest BCUT2D eigenvalue weighted by atomic mass is 9.97. The quantitative estimate of drug-likeness (QED) is 0.786. The number of likely N-dealkylation sites (N-methyl/N-ethyl adjacent to an activating group) is 1. The summed E-state index contributed by atoms with van der Waals surface area (Å²) in [5.74, 6) is 0. The van der Waals surface area contributed by atoms with Crippen LogP contribution in [0.15, 0.2) is 61.1 Å². The molecule has 1 aromatic heterocycles. The highest BCUT2D eigenvalue weighted by molar-refractivity contribution is 5.85. The van der Waals surface area contributed by atoms with Crippen molar-refractivity contribution >= 4 is 10.8 Å². The maximum atomic E-state index is 4.40. The first kappa shape index (κ1) is 12.8. The van der Waals surface area contributed by atoms with Crippen LogP contribution in [0.5, 0.6) is 0 Å². The minimum Gasteiger partial charge on any atom is -0.311 e. The Kier molecular flexibility index (Phi) is 3.70. The van der Waals surface area contributed by atoms with Crippen LogP contribution in [0, 0.1) is 0 Å². The van der Waals surface area contributed by atoms with E-state index in [1.165, 1.54) is 16.3 Å². The molecule has 0 saturated heterocycles. The molecule has 3 aromatic rings. The zero-order valence-electron chi connectivity index (χ0n) is 11.5. The molecule has 100 valence electrons. The molecule has 1 atom stereocenters. The number of hydrogen-bond acceptors (Lipinski definition) is 3. The van der Waals surface area contributed by atoms with Gasteiger partial charge < -0.3 is 5.32 Å². The lowest BCUT2D eigenvalue weighted by Gasteiger charge is -2.16. The smallest absolute Gasteiger partial charge is 0.0759 e. The average Bonchev–Trinajstić information content (AvgIpc) is 2.53. The van der Waals surface area contributed by atoms with E-state index in [0.29, 0.717) is 0 Å². The van der Waals surface area contributed by atoms with Crippen LogP contribution in [-0.4, -0.2) is 17.0 Å². The zero-order valence-corrected chi connectivity index (χ0v) is 11.5. The number of nitrogens with zero attached hydrogens (tertiary/aromatic N) is 2. The molecule has 3 heteroatoms. The van der Waals surface area contributed by atoms with Crippen molar-refractivity contribution in [1.29, 1.82) is 0 Å². The van der Waals surface area contributed by atoms with Crippen molar-refractivity contribution < 1.29 is 0 Å². The van der Waals surface area contributed by atoms with Crippen molar-refractivity contribution in [2.75, 3.05) is 7.05 Å². The third kappa shape index (κ3) is 2.53. The van der Waals surface area contributed by atoms with Crippen LogP contribution in [-0.2, 0) is 6.42 Å². The Morgan fingerprint density at radius 1 is 1.05 bits per heavy atom. The second kappa shape index (κ2) is 5.80. The van der Waals surface area contributed by atoms with Crippen molar-refractivity contribution in [3.63, 3.8) is 0 Å². The Morgan fingerprint density at radius 3 is 2.70 bits per heavy atom. The van der Waals surface area contributed by atoms with E-state index in [4.69, 9.17) is 0 Å². The number of benzene rings is 2. The third-order valence-corrected chi connectivity index (χ3v) is 3.59. The van der Waals surface area contributed by atoms with Gasteiger partial charge in [-0.2, -0.15) is 0 Å². The monoisotopic (exact) mass is 263 g/mol. The molecule has 1 heterocycles. The van der Waals surface area contributed by atoms with Crippen molar-refractivity contribution in [2.24, 2.45) is 0 Å². The SMILES string of the molecule is CNC(Cc1cccc2ccccc12)c1cnccn1. The fourth-order valence-electron chi connectivity index (χ4n) is 2.54. The molecule has 0 saturated carbocycles. The molecule has 0 aliphatic rings. The fraction of sp³-hybridized carbons (Fsp3) is 0.176. The molecule has 1 N–H and O–H groups in total. The summed E-state index contributed by atoms with van der Waals surface area (Å²) in [4.78, 5) is 8.56. The topological polar surface area (TPSA) is 37.8 Å². The normalized spacial score (nSPS) is 12.4. The molecule has 0 aliphatic carbocycles. The van der Waals surface area contributed by atoms with Crippen LogP contribution in [0.1, 0.15) is 17.3 Å². The van der Waals surface area contributed by atoms with Gasteiger partial charge in [0.05, 0.1) is 11.7 Å². The molecule has 0 radical (unpaired) electrons. The minimum atomic E-state index is 0.175. The van der Waals surface area contributed by atoms with Gasteiger partial charge in [0.1, 0.15) is 0 Å².